The minimum Gasteiger partial charge on any atom is -0.454 e. The van der Waals surface area contributed by atoms with E-state index in [4.69, 9.17) is 9.47 Å². The zero-order valence-electron chi connectivity index (χ0n) is 12.4. The SMILES string of the molecule is CC(=O)Nc1cn(CC(=O)NCc2ccc3c(c2)OCO3)nn1. The zero-order chi connectivity index (χ0) is 16.2. The number of hydrogen-bond donors (Lipinski definition) is 2. The maximum absolute atomic E-state index is 11.9. The standard InChI is InChI=1S/C14H15N5O4/c1-9(20)16-13-6-19(18-17-13)7-14(21)15-5-10-2-3-11-12(4-10)23-8-22-11/h2-4,6H,5,7-8H2,1H3,(H,15,21)(H,16,20). The van der Waals surface area contributed by atoms with Gasteiger partial charge in [-0.05, 0) is 17.7 Å². The summed E-state index contributed by atoms with van der Waals surface area (Å²) in [5, 5.41) is 12.8. The van der Waals surface area contributed by atoms with Crippen LogP contribution in [-0.4, -0.2) is 33.6 Å². The minimum atomic E-state index is -0.246. The number of ether oxygens (including phenoxy) is 2. The van der Waals surface area contributed by atoms with Gasteiger partial charge in [-0.3, -0.25) is 9.59 Å². The van der Waals surface area contributed by atoms with Gasteiger partial charge in [-0.25, -0.2) is 4.68 Å². The third kappa shape index (κ3) is 3.76. The Kier molecular flexibility index (Phi) is 4.09. The van der Waals surface area contributed by atoms with Crippen LogP contribution in [-0.2, 0) is 22.7 Å². The maximum atomic E-state index is 11.9. The molecule has 0 fully saturated rings. The van der Waals surface area contributed by atoms with Crippen molar-refractivity contribution in [3.63, 3.8) is 0 Å². The molecule has 9 nitrogen and oxygen atoms in total. The molecule has 0 bridgehead atoms. The summed E-state index contributed by atoms with van der Waals surface area (Å²) in [6.45, 7) is 1.96. The summed E-state index contributed by atoms with van der Waals surface area (Å²) in [7, 11) is 0. The van der Waals surface area contributed by atoms with Crippen LogP contribution >= 0.6 is 0 Å². The van der Waals surface area contributed by atoms with E-state index < -0.39 is 0 Å². The fourth-order valence-electron chi connectivity index (χ4n) is 2.07. The fourth-order valence-corrected chi connectivity index (χ4v) is 2.07. The molecule has 9 heteroatoms. The fraction of sp³-hybridized carbons (Fsp3) is 0.286. The average molecular weight is 317 g/mol. The molecule has 1 aliphatic rings. The molecule has 1 aliphatic heterocycles. The third-order valence-corrected chi connectivity index (χ3v) is 3.08. The first-order valence-electron chi connectivity index (χ1n) is 6.93. The number of aromatic nitrogens is 3. The van der Waals surface area contributed by atoms with E-state index >= 15 is 0 Å². The molecule has 0 saturated carbocycles. The van der Waals surface area contributed by atoms with Crippen LogP contribution in [0, 0.1) is 0 Å². The van der Waals surface area contributed by atoms with Gasteiger partial charge >= 0.3 is 0 Å². The highest BCUT2D eigenvalue weighted by molar-refractivity contribution is 5.87. The Balaban J connectivity index is 1.51. The van der Waals surface area contributed by atoms with Gasteiger partial charge in [0, 0.05) is 13.5 Å². The molecular weight excluding hydrogens is 302 g/mol. The summed E-state index contributed by atoms with van der Waals surface area (Å²) in [5.41, 5.74) is 0.903. The first-order chi connectivity index (χ1) is 11.1. The van der Waals surface area contributed by atoms with E-state index in [1.54, 1.807) is 6.07 Å². The van der Waals surface area contributed by atoms with Crippen molar-refractivity contribution in [1.29, 1.82) is 0 Å². The van der Waals surface area contributed by atoms with Crippen molar-refractivity contribution in [2.75, 3.05) is 12.1 Å². The van der Waals surface area contributed by atoms with Crippen LogP contribution in [0.2, 0.25) is 0 Å². The first-order valence-corrected chi connectivity index (χ1v) is 6.93. The number of carbonyl (C=O) groups excluding carboxylic acids is 2. The van der Waals surface area contributed by atoms with E-state index in [9.17, 15) is 9.59 Å². The molecule has 0 spiro atoms. The molecular formula is C14H15N5O4. The van der Waals surface area contributed by atoms with E-state index in [0.717, 1.165) is 5.56 Å². The predicted molar refractivity (Wildman–Crippen MR) is 78.7 cm³/mol. The van der Waals surface area contributed by atoms with Crippen molar-refractivity contribution in [3.8, 4) is 11.5 Å². The van der Waals surface area contributed by atoms with Crippen molar-refractivity contribution < 1.29 is 19.1 Å². The largest absolute Gasteiger partial charge is 0.454 e. The second-order valence-electron chi connectivity index (χ2n) is 4.95. The van der Waals surface area contributed by atoms with E-state index in [1.165, 1.54) is 17.8 Å². The van der Waals surface area contributed by atoms with Crippen molar-refractivity contribution >= 4 is 17.6 Å². The molecule has 2 N–H and O–H groups in total. The number of fused-ring (bicyclic) bond motifs is 1. The lowest BCUT2D eigenvalue weighted by molar-refractivity contribution is -0.122. The Bertz CT molecular complexity index is 743. The van der Waals surface area contributed by atoms with Gasteiger partial charge in [0.2, 0.25) is 18.6 Å². The van der Waals surface area contributed by atoms with Gasteiger partial charge in [0.05, 0.1) is 6.20 Å². The molecule has 3 rings (SSSR count). The van der Waals surface area contributed by atoms with Gasteiger partial charge in [0.1, 0.15) is 6.54 Å². The number of nitrogens with zero attached hydrogens (tertiary/aromatic N) is 3. The number of carbonyl (C=O) groups is 2. The number of nitrogens with one attached hydrogen (secondary N) is 2. The van der Waals surface area contributed by atoms with Crippen LogP contribution in [0.1, 0.15) is 12.5 Å². The Morgan fingerprint density at radius 2 is 2.13 bits per heavy atom. The van der Waals surface area contributed by atoms with Gasteiger partial charge in [-0.2, -0.15) is 0 Å². The Morgan fingerprint density at radius 1 is 1.30 bits per heavy atom. The van der Waals surface area contributed by atoms with Gasteiger partial charge in [-0.15, -0.1) is 5.10 Å². The lowest BCUT2D eigenvalue weighted by atomic mass is 10.2. The van der Waals surface area contributed by atoms with Crippen LogP contribution in [0.3, 0.4) is 0 Å². The third-order valence-electron chi connectivity index (χ3n) is 3.08. The average Bonchev–Trinajstić information content (AvgIpc) is 3.13. The topological polar surface area (TPSA) is 107 Å². The molecule has 0 radical (unpaired) electrons. The quantitative estimate of drug-likeness (QED) is 0.820. The highest BCUT2D eigenvalue weighted by Gasteiger charge is 2.13. The Morgan fingerprint density at radius 3 is 2.96 bits per heavy atom. The molecule has 23 heavy (non-hydrogen) atoms. The van der Waals surface area contributed by atoms with Crippen molar-refractivity contribution in [1.82, 2.24) is 20.3 Å². The maximum Gasteiger partial charge on any atom is 0.242 e. The Labute approximate surface area is 131 Å². The van der Waals surface area contributed by atoms with Gasteiger partial charge in [0.15, 0.2) is 17.3 Å². The number of benzene rings is 1. The van der Waals surface area contributed by atoms with E-state index in [-0.39, 0.29) is 25.2 Å². The van der Waals surface area contributed by atoms with Crippen LogP contribution in [0.5, 0.6) is 11.5 Å². The first kappa shape index (κ1) is 14.8. The number of anilines is 1. The summed E-state index contributed by atoms with van der Waals surface area (Å²) in [4.78, 5) is 22.8. The van der Waals surface area contributed by atoms with Crippen molar-refractivity contribution in [2.45, 2.75) is 20.0 Å². The minimum absolute atomic E-state index is 0.0110. The summed E-state index contributed by atoms with van der Waals surface area (Å²) >= 11 is 0. The molecule has 2 amide bonds. The van der Waals surface area contributed by atoms with E-state index in [1.807, 2.05) is 12.1 Å². The molecule has 1 aromatic heterocycles. The molecule has 0 saturated heterocycles. The van der Waals surface area contributed by atoms with Crippen LogP contribution in [0.25, 0.3) is 0 Å². The predicted octanol–water partition coefficient (Wildman–Crippen LogP) is 0.282. The van der Waals surface area contributed by atoms with Crippen LogP contribution in [0.4, 0.5) is 5.82 Å². The molecule has 120 valence electrons. The lowest BCUT2D eigenvalue weighted by Crippen LogP contribution is -2.27. The molecule has 2 heterocycles. The summed E-state index contributed by atoms with van der Waals surface area (Å²) in [6, 6.07) is 5.49. The molecule has 0 unspecified atom stereocenters. The van der Waals surface area contributed by atoms with Crippen LogP contribution in [0.15, 0.2) is 24.4 Å². The highest BCUT2D eigenvalue weighted by atomic mass is 16.7. The number of amides is 2. The monoisotopic (exact) mass is 317 g/mol. The number of rotatable bonds is 5. The molecule has 0 atom stereocenters. The van der Waals surface area contributed by atoms with Gasteiger partial charge < -0.3 is 20.1 Å². The summed E-state index contributed by atoms with van der Waals surface area (Å²) < 4.78 is 11.9. The van der Waals surface area contributed by atoms with Crippen molar-refractivity contribution in [2.24, 2.45) is 0 Å². The van der Waals surface area contributed by atoms with Crippen molar-refractivity contribution in [3.05, 3.63) is 30.0 Å². The molecule has 0 aliphatic carbocycles. The van der Waals surface area contributed by atoms with E-state index in [2.05, 4.69) is 20.9 Å². The van der Waals surface area contributed by atoms with Gasteiger partial charge in [0.25, 0.3) is 0 Å². The lowest BCUT2D eigenvalue weighted by Gasteiger charge is -2.06. The molecule has 1 aromatic carbocycles. The Hall–Kier alpha value is -3.10. The summed E-state index contributed by atoms with van der Waals surface area (Å²) in [5.74, 6) is 1.22. The van der Waals surface area contributed by atoms with Crippen LogP contribution < -0.4 is 20.1 Å². The van der Waals surface area contributed by atoms with E-state index in [0.29, 0.717) is 23.9 Å². The smallest absolute Gasteiger partial charge is 0.242 e. The van der Waals surface area contributed by atoms with Gasteiger partial charge in [-0.1, -0.05) is 11.3 Å². The summed E-state index contributed by atoms with van der Waals surface area (Å²) in [6.07, 6.45) is 1.49. The normalized spacial score (nSPS) is 12.0. The molecule has 2 aromatic rings. The highest BCUT2D eigenvalue weighted by Crippen LogP contribution is 2.32. The zero-order valence-corrected chi connectivity index (χ0v) is 12.4. The number of hydrogen-bond acceptors (Lipinski definition) is 6. The second kappa shape index (κ2) is 6.34. The second-order valence-corrected chi connectivity index (χ2v) is 4.95.